The fourth-order valence-corrected chi connectivity index (χ4v) is 4.45. The van der Waals surface area contributed by atoms with Crippen molar-refractivity contribution in [3.63, 3.8) is 0 Å². The van der Waals surface area contributed by atoms with Gasteiger partial charge in [0.05, 0.1) is 22.3 Å². The van der Waals surface area contributed by atoms with Gasteiger partial charge in [-0.05, 0) is 49.7 Å². The van der Waals surface area contributed by atoms with Crippen LogP contribution in [-0.4, -0.2) is 35.5 Å². The van der Waals surface area contributed by atoms with E-state index in [9.17, 15) is 8.42 Å². The molecule has 0 aliphatic rings. The van der Waals surface area contributed by atoms with Crippen molar-refractivity contribution in [3.05, 3.63) is 39.6 Å². The lowest BCUT2D eigenvalue weighted by Gasteiger charge is -2.25. The van der Waals surface area contributed by atoms with Crippen molar-refractivity contribution < 1.29 is 13.2 Å². The van der Waals surface area contributed by atoms with Crippen LogP contribution in [-0.2, 0) is 15.4 Å². The molecule has 0 spiro atoms. The highest BCUT2D eigenvalue weighted by Crippen LogP contribution is 2.37. The maximum absolute atomic E-state index is 12.1. The second-order valence-electron chi connectivity index (χ2n) is 7.27. The Kier molecular flexibility index (Phi) is 7.32. The van der Waals surface area contributed by atoms with Crippen LogP contribution in [0.1, 0.15) is 53.0 Å². The third-order valence-electron chi connectivity index (χ3n) is 5.23. The van der Waals surface area contributed by atoms with Crippen LogP contribution in [0.3, 0.4) is 0 Å². The first-order chi connectivity index (χ1) is 13.6. The Labute approximate surface area is 176 Å². The lowest BCUT2D eigenvalue weighted by molar-refractivity contribution is 0.205. The number of rotatable bonds is 9. The van der Waals surface area contributed by atoms with Gasteiger partial charge in [-0.15, -0.1) is 0 Å². The maximum Gasteiger partial charge on any atom is 0.223 e. The van der Waals surface area contributed by atoms with Gasteiger partial charge in [-0.3, -0.25) is 0 Å². The molecule has 0 unspecified atom stereocenters. The standard InChI is InChI=1S/C19H26ClN5O3S/c1-6-19(5,24-25-21)16-11-23-18(15-10-22-17(20)9-14(15)16)28-12(3)8-13(4)29(26,27)7-2/h9-13H,6-8H2,1-5H3/t12-,13-,19-/m1/s1. The maximum atomic E-state index is 12.1. The SMILES string of the molecule is CC[C@@](C)(N=[N+]=[N-])c1cnc(O[C@H](C)C[C@@H](C)S(=O)(=O)CC)c2cnc(Cl)cc12. The summed E-state index contributed by atoms with van der Waals surface area (Å²) in [6, 6.07) is 1.69. The predicted molar refractivity (Wildman–Crippen MR) is 115 cm³/mol. The van der Waals surface area contributed by atoms with Gasteiger partial charge in [0.15, 0.2) is 9.84 Å². The van der Waals surface area contributed by atoms with Gasteiger partial charge >= 0.3 is 0 Å². The molecular weight excluding hydrogens is 414 g/mol. The zero-order valence-corrected chi connectivity index (χ0v) is 18.8. The summed E-state index contributed by atoms with van der Waals surface area (Å²) in [4.78, 5) is 11.5. The topological polar surface area (TPSA) is 118 Å². The molecule has 29 heavy (non-hydrogen) atoms. The van der Waals surface area contributed by atoms with E-state index in [0.717, 1.165) is 10.9 Å². The number of ether oxygens (including phenoxy) is 1. The van der Waals surface area contributed by atoms with Crippen molar-refractivity contribution in [2.75, 3.05) is 5.75 Å². The Morgan fingerprint density at radius 1 is 1.28 bits per heavy atom. The highest BCUT2D eigenvalue weighted by molar-refractivity contribution is 7.91. The van der Waals surface area contributed by atoms with E-state index in [1.165, 1.54) is 0 Å². The first-order valence-corrected chi connectivity index (χ1v) is 11.6. The molecule has 2 rings (SSSR count). The highest BCUT2D eigenvalue weighted by Gasteiger charge is 2.28. The molecule has 0 radical (unpaired) electrons. The predicted octanol–water partition coefficient (Wildman–Crippen LogP) is 5.20. The Morgan fingerprint density at radius 2 is 1.97 bits per heavy atom. The first kappa shape index (κ1) is 23.2. The van der Waals surface area contributed by atoms with E-state index in [-0.39, 0.29) is 11.9 Å². The molecule has 2 heterocycles. The largest absolute Gasteiger partial charge is 0.474 e. The Morgan fingerprint density at radius 3 is 2.55 bits per heavy atom. The third kappa shape index (κ3) is 5.10. The molecule has 0 N–H and O–H groups in total. The third-order valence-corrected chi connectivity index (χ3v) is 7.66. The van der Waals surface area contributed by atoms with Crippen LogP contribution in [0.15, 0.2) is 23.6 Å². The number of halogens is 1. The van der Waals surface area contributed by atoms with Crippen LogP contribution < -0.4 is 4.74 Å². The van der Waals surface area contributed by atoms with E-state index >= 15 is 0 Å². The van der Waals surface area contributed by atoms with Gasteiger partial charge in [-0.25, -0.2) is 18.4 Å². The van der Waals surface area contributed by atoms with Gasteiger partial charge in [-0.2, -0.15) is 0 Å². The number of pyridine rings is 2. The minimum absolute atomic E-state index is 0.0915. The summed E-state index contributed by atoms with van der Waals surface area (Å²) in [5.74, 6) is 0.426. The smallest absolute Gasteiger partial charge is 0.223 e. The molecule has 10 heteroatoms. The van der Waals surface area contributed by atoms with E-state index in [4.69, 9.17) is 21.9 Å². The monoisotopic (exact) mass is 439 g/mol. The van der Waals surface area contributed by atoms with Gasteiger partial charge in [0, 0.05) is 29.5 Å². The van der Waals surface area contributed by atoms with E-state index in [0.29, 0.717) is 29.3 Å². The number of fused-ring (bicyclic) bond motifs is 1. The summed E-state index contributed by atoms with van der Waals surface area (Å²) in [5.41, 5.74) is 8.90. The van der Waals surface area contributed by atoms with Crippen LogP contribution >= 0.6 is 11.6 Å². The summed E-state index contributed by atoms with van der Waals surface area (Å²) in [7, 11) is -3.15. The van der Waals surface area contributed by atoms with E-state index in [1.807, 2.05) is 20.8 Å². The molecule has 0 aromatic carbocycles. The number of sulfone groups is 1. The molecule has 0 amide bonds. The molecule has 3 atom stereocenters. The summed E-state index contributed by atoms with van der Waals surface area (Å²) in [6.07, 6.45) is 3.71. The van der Waals surface area contributed by atoms with Crippen LogP contribution in [0.4, 0.5) is 0 Å². The molecule has 0 fully saturated rings. The molecule has 2 aromatic heterocycles. The number of hydrogen-bond donors (Lipinski definition) is 0. The molecule has 2 aromatic rings. The van der Waals surface area contributed by atoms with Gasteiger partial charge in [0.25, 0.3) is 0 Å². The van der Waals surface area contributed by atoms with E-state index < -0.39 is 20.6 Å². The second kappa shape index (κ2) is 9.15. The lowest BCUT2D eigenvalue weighted by Crippen LogP contribution is -2.27. The van der Waals surface area contributed by atoms with Crippen molar-refractivity contribution in [1.82, 2.24) is 9.97 Å². The Balaban J connectivity index is 2.47. The van der Waals surface area contributed by atoms with Crippen LogP contribution in [0.2, 0.25) is 5.15 Å². The van der Waals surface area contributed by atoms with Gasteiger partial charge < -0.3 is 4.74 Å². The number of nitrogens with zero attached hydrogens (tertiary/aromatic N) is 5. The van der Waals surface area contributed by atoms with Crippen LogP contribution in [0.5, 0.6) is 5.88 Å². The second-order valence-corrected chi connectivity index (χ2v) is 10.4. The zero-order chi connectivity index (χ0) is 21.8. The first-order valence-electron chi connectivity index (χ1n) is 9.47. The van der Waals surface area contributed by atoms with E-state index in [1.54, 1.807) is 32.3 Å². The highest BCUT2D eigenvalue weighted by atomic mass is 35.5. The normalized spacial score (nSPS) is 15.9. The minimum atomic E-state index is -3.15. The Bertz CT molecular complexity index is 1040. The van der Waals surface area contributed by atoms with Crippen molar-refractivity contribution >= 4 is 32.2 Å². The van der Waals surface area contributed by atoms with Gasteiger partial charge in [0.1, 0.15) is 5.15 Å². The Hall–Kier alpha value is -2.09. The average molecular weight is 440 g/mol. The molecule has 0 aliphatic heterocycles. The van der Waals surface area contributed by atoms with Crippen LogP contribution in [0, 0.1) is 0 Å². The van der Waals surface area contributed by atoms with Gasteiger partial charge in [0.2, 0.25) is 5.88 Å². The molecule has 0 saturated carbocycles. The minimum Gasteiger partial charge on any atom is -0.474 e. The van der Waals surface area contributed by atoms with E-state index in [2.05, 4.69) is 20.0 Å². The molecule has 0 bridgehead atoms. The van der Waals surface area contributed by atoms with Crippen molar-refractivity contribution in [3.8, 4) is 5.88 Å². The summed E-state index contributed by atoms with van der Waals surface area (Å²) in [5, 5.41) is 5.09. The molecular formula is C19H26ClN5O3S. The van der Waals surface area contributed by atoms with Crippen molar-refractivity contribution in [2.24, 2.45) is 5.11 Å². The molecule has 8 nitrogen and oxygen atoms in total. The fraction of sp³-hybridized carbons (Fsp3) is 0.579. The summed E-state index contributed by atoms with van der Waals surface area (Å²) >= 11 is 6.11. The van der Waals surface area contributed by atoms with Crippen molar-refractivity contribution in [1.29, 1.82) is 0 Å². The molecule has 158 valence electrons. The fourth-order valence-electron chi connectivity index (χ4n) is 3.16. The van der Waals surface area contributed by atoms with Crippen LogP contribution in [0.25, 0.3) is 21.2 Å². The lowest BCUT2D eigenvalue weighted by atomic mass is 9.88. The number of azide groups is 1. The summed E-state index contributed by atoms with van der Waals surface area (Å²) < 4.78 is 30.1. The summed E-state index contributed by atoms with van der Waals surface area (Å²) in [6.45, 7) is 8.88. The average Bonchev–Trinajstić information content (AvgIpc) is 2.67. The van der Waals surface area contributed by atoms with Crippen molar-refractivity contribution in [2.45, 2.75) is 64.4 Å². The van der Waals surface area contributed by atoms with Gasteiger partial charge in [-0.1, -0.05) is 30.6 Å². The molecule has 0 saturated heterocycles. The number of hydrogen-bond acceptors (Lipinski definition) is 6. The molecule has 0 aliphatic carbocycles. The zero-order valence-electron chi connectivity index (χ0n) is 17.3. The quantitative estimate of drug-likeness (QED) is 0.230. The number of aromatic nitrogens is 2.